The second kappa shape index (κ2) is 9.32. The number of rotatable bonds is 10. The average Bonchev–Trinajstić information content (AvgIpc) is 3.01. The van der Waals surface area contributed by atoms with Crippen molar-refractivity contribution in [2.24, 2.45) is 0 Å². The van der Waals surface area contributed by atoms with Crippen LogP contribution in [0.25, 0.3) is 0 Å². The van der Waals surface area contributed by atoms with Crippen LogP contribution in [0.1, 0.15) is 31.2 Å². The number of aliphatic hydroxyl groups excluding tert-OH is 1. The van der Waals surface area contributed by atoms with E-state index in [4.69, 9.17) is 5.11 Å². The number of aromatic nitrogens is 2. The molecule has 21 heavy (non-hydrogen) atoms. The SMILES string of the molecule is OCCCCCCN(Cc1ccccc1)Cn1cccn1. The van der Waals surface area contributed by atoms with E-state index in [9.17, 15) is 0 Å². The van der Waals surface area contributed by atoms with Crippen molar-refractivity contribution in [1.82, 2.24) is 14.7 Å². The van der Waals surface area contributed by atoms with Gasteiger partial charge >= 0.3 is 0 Å². The zero-order valence-electron chi connectivity index (χ0n) is 12.6. The highest BCUT2D eigenvalue weighted by Crippen LogP contribution is 2.08. The van der Waals surface area contributed by atoms with Crippen molar-refractivity contribution in [3.8, 4) is 0 Å². The fraction of sp³-hybridized carbons (Fsp3) is 0.471. The highest BCUT2D eigenvalue weighted by atomic mass is 16.2. The first-order valence-corrected chi connectivity index (χ1v) is 7.73. The third-order valence-electron chi connectivity index (χ3n) is 3.54. The average molecular weight is 287 g/mol. The second-order valence-corrected chi connectivity index (χ2v) is 5.36. The third kappa shape index (κ3) is 6.10. The van der Waals surface area contributed by atoms with Gasteiger partial charge in [-0.1, -0.05) is 43.2 Å². The van der Waals surface area contributed by atoms with Gasteiger partial charge in [0, 0.05) is 32.1 Å². The van der Waals surface area contributed by atoms with Gasteiger partial charge in [0.25, 0.3) is 0 Å². The van der Waals surface area contributed by atoms with Gasteiger partial charge in [0.05, 0.1) is 6.67 Å². The van der Waals surface area contributed by atoms with Gasteiger partial charge in [-0.3, -0.25) is 9.58 Å². The number of benzene rings is 1. The van der Waals surface area contributed by atoms with E-state index >= 15 is 0 Å². The summed E-state index contributed by atoms with van der Waals surface area (Å²) < 4.78 is 1.97. The number of hydrogen-bond donors (Lipinski definition) is 1. The van der Waals surface area contributed by atoms with E-state index in [-0.39, 0.29) is 0 Å². The first-order valence-electron chi connectivity index (χ1n) is 7.73. The highest BCUT2D eigenvalue weighted by molar-refractivity contribution is 5.14. The Morgan fingerprint density at radius 3 is 2.52 bits per heavy atom. The molecule has 0 fully saturated rings. The maximum Gasteiger partial charge on any atom is 0.0931 e. The molecule has 0 amide bonds. The quantitative estimate of drug-likeness (QED) is 0.683. The Morgan fingerprint density at radius 2 is 1.81 bits per heavy atom. The van der Waals surface area contributed by atoms with Crippen LogP contribution in [0, 0.1) is 0 Å². The maximum absolute atomic E-state index is 8.82. The van der Waals surface area contributed by atoms with Gasteiger partial charge in [0.15, 0.2) is 0 Å². The summed E-state index contributed by atoms with van der Waals surface area (Å²) in [5.74, 6) is 0. The Morgan fingerprint density at radius 1 is 1.00 bits per heavy atom. The largest absolute Gasteiger partial charge is 0.396 e. The van der Waals surface area contributed by atoms with Crippen LogP contribution in [0.3, 0.4) is 0 Å². The fourth-order valence-electron chi connectivity index (χ4n) is 2.43. The van der Waals surface area contributed by atoms with Crippen LogP contribution >= 0.6 is 0 Å². The lowest BCUT2D eigenvalue weighted by Crippen LogP contribution is -2.27. The monoisotopic (exact) mass is 287 g/mol. The molecule has 2 rings (SSSR count). The van der Waals surface area contributed by atoms with Crippen molar-refractivity contribution in [1.29, 1.82) is 0 Å². The van der Waals surface area contributed by atoms with Crippen molar-refractivity contribution < 1.29 is 5.11 Å². The van der Waals surface area contributed by atoms with Gasteiger partial charge < -0.3 is 5.11 Å². The van der Waals surface area contributed by atoms with Gasteiger partial charge in [-0.05, 0) is 24.5 Å². The molecule has 114 valence electrons. The zero-order chi connectivity index (χ0) is 14.8. The van der Waals surface area contributed by atoms with Gasteiger partial charge in [-0.25, -0.2) is 0 Å². The lowest BCUT2D eigenvalue weighted by molar-refractivity contribution is 0.193. The summed E-state index contributed by atoms with van der Waals surface area (Å²) in [7, 11) is 0. The van der Waals surface area contributed by atoms with Crippen molar-refractivity contribution in [3.63, 3.8) is 0 Å². The third-order valence-corrected chi connectivity index (χ3v) is 3.54. The lowest BCUT2D eigenvalue weighted by atomic mass is 10.1. The maximum atomic E-state index is 8.82. The molecule has 0 radical (unpaired) electrons. The van der Waals surface area contributed by atoms with Crippen LogP contribution in [-0.2, 0) is 13.2 Å². The molecule has 1 N–H and O–H groups in total. The Hall–Kier alpha value is -1.65. The summed E-state index contributed by atoms with van der Waals surface area (Å²) in [4.78, 5) is 2.42. The summed E-state index contributed by atoms with van der Waals surface area (Å²) in [6.07, 6.45) is 8.18. The molecule has 0 saturated heterocycles. The standard InChI is InChI=1S/C17H25N3O/c21-14-7-2-1-6-12-19(16-20-13-8-11-18-20)15-17-9-4-3-5-10-17/h3-5,8-11,13,21H,1-2,6-7,12,14-16H2. The van der Waals surface area contributed by atoms with Crippen LogP contribution in [0.4, 0.5) is 0 Å². The highest BCUT2D eigenvalue weighted by Gasteiger charge is 2.06. The van der Waals surface area contributed by atoms with E-state index in [1.807, 2.05) is 23.1 Å². The van der Waals surface area contributed by atoms with E-state index in [0.717, 1.165) is 39.0 Å². The van der Waals surface area contributed by atoms with E-state index in [0.29, 0.717) is 6.61 Å². The van der Waals surface area contributed by atoms with E-state index in [1.165, 1.54) is 12.0 Å². The molecule has 0 spiro atoms. The molecular weight excluding hydrogens is 262 g/mol. The van der Waals surface area contributed by atoms with Crippen LogP contribution in [0.5, 0.6) is 0 Å². The molecular formula is C17H25N3O. The normalized spacial score (nSPS) is 11.1. The number of aliphatic hydroxyl groups is 1. The zero-order valence-corrected chi connectivity index (χ0v) is 12.6. The van der Waals surface area contributed by atoms with Gasteiger partial charge in [-0.15, -0.1) is 0 Å². The Bertz CT molecular complexity index is 470. The van der Waals surface area contributed by atoms with Gasteiger partial charge in [-0.2, -0.15) is 5.10 Å². The number of unbranched alkanes of at least 4 members (excludes halogenated alkanes) is 3. The molecule has 0 aliphatic heterocycles. The van der Waals surface area contributed by atoms with Crippen molar-refractivity contribution in [3.05, 3.63) is 54.4 Å². The van der Waals surface area contributed by atoms with Crippen LogP contribution in [0.15, 0.2) is 48.8 Å². The molecule has 1 aromatic carbocycles. The molecule has 1 aromatic heterocycles. The molecule has 4 nitrogen and oxygen atoms in total. The Kier molecular flexibility index (Phi) is 6.98. The molecule has 0 unspecified atom stereocenters. The Balaban J connectivity index is 1.84. The van der Waals surface area contributed by atoms with Gasteiger partial charge in [0.2, 0.25) is 0 Å². The molecule has 2 aromatic rings. The van der Waals surface area contributed by atoms with Crippen LogP contribution < -0.4 is 0 Å². The predicted molar refractivity (Wildman–Crippen MR) is 84.6 cm³/mol. The molecule has 4 heteroatoms. The predicted octanol–water partition coefficient (Wildman–Crippen LogP) is 2.90. The lowest BCUT2D eigenvalue weighted by Gasteiger charge is -2.22. The molecule has 1 heterocycles. The first kappa shape index (κ1) is 15.7. The van der Waals surface area contributed by atoms with Gasteiger partial charge in [0.1, 0.15) is 0 Å². The van der Waals surface area contributed by atoms with Crippen molar-refractivity contribution in [2.75, 3.05) is 13.2 Å². The van der Waals surface area contributed by atoms with E-state index in [1.54, 1.807) is 0 Å². The Labute approximate surface area is 127 Å². The summed E-state index contributed by atoms with van der Waals surface area (Å²) in [5, 5.41) is 13.1. The fourth-order valence-corrected chi connectivity index (χ4v) is 2.43. The topological polar surface area (TPSA) is 41.3 Å². The summed E-state index contributed by atoms with van der Waals surface area (Å²) in [5.41, 5.74) is 1.33. The number of nitrogens with zero attached hydrogens (tertiary/aromatic N) is 3. The minimum absolute atomic E-state index is 0.307. The summed E-state index contributed by atoms with van der Waals surface area (Å²) in [6, 6.07) is 12.5. The van der Waals surface area contributed by atoms with E-state index in [2.05, 4.69) is 40.3 Å². The van der Waals surface area contributed by atoms with E-state index < -0.39 is 0 Å². The molecule has 0 aliphatic carbocycles. The summed E-state index contributed by atoms with van der Waals surface area (Å²) >= 11 is 0. The minimum atomic E-state index is 0.307. The molecule has 0 aliphatic rings. The van der Waals surface area contributed by atoms with Crippen LogP contribution in [0.2, 0.25) is 0 Å². The van der Waals surface area contributed by atoms with Crippen LogP contribution in [-0.4, -0.2) is 32.9 Å². The smallest absolute Gasteiger partial charge is 0.0931 e. The first-order chi connectivity index (χ1) is 10.4. The molecule has 0 saturated carbocycles. The van der Waals surface area contributed by atoms with Crippen molar-refractivity contribution in [2.45, 2.75) is 38.9 Å². The summed E-state index contributed by atoms with van der Waals surface area (Å²) in [6.45, 7) is 3.13. The van der Waals surface area contributed by atoms with Crippen molar-refractivity contribution >= 4 is 0 Å². The molecule has 0 atom stereocenters. The number of hydrogen-bond acceptors (Lipinski definition) is 3. The minimum Gasteiger partial charge on any atom is -0.396 e. The second-order valence-electron chi connectivity index (χ2n) is 5.36. The molecule has 0 bridgehead atoms.